The van der Waals surface area contributed by atoms with E-state index in [4.69, 9.17) is 16.3 Å². The van der Waals surface area contributed by atoms with Crippen LogP contribution in [0.25, 0.3) is 0 Å². The molecule has 0 spiro atoms. The predicted octanol–water partition coefficient (Wildman–Crippen LogP) is 0.690. The molecule has 0 N–H and O–H groups in total. The van der Waals surface area contributed by atoms with Gasteiger partial charge in [0.05, 0.1) is 17.2 Å². The van der Waals surface area contributed by atoms with E-state index in [0.29, 0.717) is 28.4 Å². The van der Waals surface area contributed by atoms with E-state index >= 15 is 0 Å². The fraction of sp³-hybridized carbons (Fsp3) is 0.100. The molecule has 29 heavy (non-hydrogen) atoms. The zero-order chi connectivity index (χ0) is 20.3. The van der Waals surface area contributed by atoms with E-state index in [1.54, 1.807) is 12.1 Å². The third kappa shape index (κ3) is 5.96. The van der Waals surface area contributed by atoms with Gasteiger partial charge in [0.25, 0.3) is 0 Å². The molecule has 0 radical (unpaired) electrons. The standard InChI is InChI=1S/C20H13ClF3NO3.Na/c21-12-4-5-19(28-10-15-16(23)8-13(22)9-17(15)24)11(6-12)7-14-2-1-3-18(25-14)20(26)27;/h1-6,8-9H,7,10H2,(H,26,27);/q;+1/p-1. The van der Waals surface area contributed by atoms with Crippen molar-refractivity contribution < 1.29 is 57.4 Å². The number of rotatable bonds is 6. The Labute approximate surface area is 191 Å². The Hall–Kier alpha value is -2.06. The number of carbonyl (C=O) groups excluding carboxylic acids is 1. The summed E-state index contributed by atoms with van der Waals surface area (Å²) in [7, 11) is 0. The first kappa shape index (κ1) is 23.2. The van der Waals surface area contributed by atoms with Gasteiger partial charge in [0.1, 0.15) is 29.8 Å². The first-order chi connectivity index (χ1) is 13.3. The van der Waals surface area contributed by atoms with Gasteiger partial charge < -0.3 is 14.6 Å². The molecule has 0 atom stereocenters. The molecule has 0 fully saturated rings. The predicted molar refractivity (Wildman–Crippen MR) is 93.5 cm³/mol. The van der Waals surface area contributed by atoms with Crippen molar-refractivity contribution >= 4 is 17.6 Å². The minimum atomic E-state index is -1.41. The zero-order valence-corrected chi connectivity index (χ0v) is 18.0. The van der Waals surface area contributed by atoms with Crippen LogP contribution >= 0.6 is 11.6 Å². The van der Waals surface area contributed by atoms with Gasteiger partial charge in [-0.1, -0.05) is 17.7 Å². The Morgan fingerprint density at radius 1 is 1.07 bits per heavy atom. The van der Waals surface area contributed by atoms with Crippen molar-refractivity contribution in [1.29, 1.82) is 0 Å². The third-order valence-electron chi connectivity index (χ3n) is 3.89. The number of pyridine rings is 1. The van der Waals surface area contributed by atoms with Crippen LogP contribution in [0.1, 0.15) is 27.3 Å². The molecule has 1 heterocycles. The number of hydrogen-bond donors (Lipinski definition) is 0. The van der Waals surface area contributed by atoms with E-state index in [1.165, 1.54) is 24.3 Å². The Bertz CT molecular complexity index is 1030. The number of hydrogen-bond acceptors (Lipinski definition) is 4. The maximum absolute atomic E-state index is 13.8. The number of benzene rings is 2. The average molecular weight is 430 g/mol. The third-order valence-corrected chi connectivity index (χ3v) is 4.12. The van der Waals surface area contributed by atoms with Crippen molar-refractivity contribution in [3.8, 4) is 5.75 Å². The summed E-state index contributed by atoms with van der Waals surface area (Å²) in [5.41, 5.74) is 0.295. The topological polar surface area (TPSA) is 62.2 Å². The van der Waals surface area contributed by atoms with E-state index in [9.17, 15) is 23.1 Å². The van der Waals surface area contributed by atoms with Crippen molar-refractivity contribution in [2.75, 3.05) is 0 Å². The largest absolute Gasteiger partial charge is 1.00 e. The molecule has 0 amide bonds. The molecule has 2 aromatic carbocycles. The second-order valence-electron chi connectivity index (χ2n) is 5.87. The minimum absolute atomic E-state index is 0. The van der Waals surface area contributed by atoms with Crippen molar-refractivity contribution in [3.05, 3.63) is 93.5 Å². The summed E-state index contributed by atoms with van der Waals surface area (Å²) in [4.78, 5) is 14.9. The van der Waals surface area contributed by atoms with Crippen molar-refractivity contribution in [2.45, 2.75) is 13.0 Å². The number of carbonyl (C=O) groups is 1. The van der Waals surface area contributed by atoms with Gasteiger partial charge >= 0.3 is 29.6 Å². The molecule has 9 heteroatoms. The van der Waals surface area contributed by atoms with Crippen LogP contribution in [0.4, 0.5) is 13.2 Å². The minimum Gasteiger partial charge on any atom is -0.543 e. The van der Waals surface area contributed by atoms with Crippen LogP contribution in [0.2, 0.25) is 5.02 Å². The summed E-state index contributed by atoms with van der Waals surface area (Å²) in [5, 5.41) is 11.3. The Kier molecular flexibility index (Phi) is 8.10. The van der Waals surface area contributed by atoms with Gasteiger partial charge in [0.15, 0.2) is 0 Å². The summed E-state index contributed by atoms with van der Waals surface area (Å²) in [6.07, 6.45) is 0.158. The first-order valence-electron chi connectivity index (χ1n) is 8.05. The van der Waals surface area contributed by atoms with Crippen LogP contribution in [0.15, 0.2) is 48.5 Å². The van der Waals surface area contributed by atoms with Crippen LogP contribution in [-0.2, 0) is 13.0 Å². The van der Waals surface area contributed by atoms with E-state index in [1.807, 2.05) is 0 Å². The van der Waals surface area contributed by atoms with Crippen LogP contribution in [0.5, 0.6) is 5.75 Å². The molecular formula is C20H12ClF3NNaO3. The van der Waals surface area contributed by atoms with E-state index in [0.717, 1.165) is 0 Å². The number of nitrogens with zero attached hydrogens (tertiary/aromatic N) is 1. The number of ether oxygens (including phenoxy) is 1. The molecule has 4 nitrogen and oxygen atoms in total. The molecule has 1 aromatic heterocycles. The summed E-state index contributed by atoms with van der Waals surface area (Å²) >= 11 is 6.01. The van der Waals surface area contributed by atoms with Gasteiger partial charge in [0.2, 0.25) is 0 Å². The molecule has 0 aliphatic rings. The monoisotopic (exact) mass is 429 g/mol. The maximum Gasteiger partial charge on any atom is 1.00 e. The fourth-order valence-electron chi connectivity index (χ4n) is 2.57. The summed E-state index contributed by atoms with van der Waals surface area (Å²) < 4.78 is 46.1. The molecule has 0 aliphatic carbocycles. The summed E-state index contributed by atoms with van der Waals surface area (Å²) in [6.45, 7) is -0.473. The Morgan fingerprint density at radius 3 is 2.41 bits per heavy atom. The van der Waals surface area contributed by atoms with Gasteiger partial charge in [-0.25, -0.2) is 13.2 Å². The Balaban J connectivity index is 0.00000300. The normalized spacial score (nSPS) is 10.3. The number of aromatic carboxylic acids is 1. The van der Waals surface area contributed by atoms with Crippen LogP contribution in [-0.4, -0.2) is 11.0 Å². The fourth-order valence-corrected chi connectivity index (χ4v) is 2.77. The summed E-state index contributed by atoms with van der Waals surface area (Å²) in [5.74, 6) is -4.28. The second-order valence-corrected chi connectivity index (χ2v) is 6.30. The molecule has 0 saturated heterocycles. The quantitative estimate of drug-likeness (QED) is 0.541. The van der Waals surface area contributed by atoms with Gasteiger partial charge in [-0.05, 0) is 30.3 Å². The van der Waals surface area contributed by atoms with E-state index in [-0.39, 0.29) is 47.4 Å². The van der Waals surface area contributed by atoms with Crippen molar-refractivity contribution in [2.24, 2.45) is 0 Å². The average Bonchev–Trinajstić information content (AvgIpc) is 2.62. The molecule has 0 bridgehead atoms. The van der Waals surface area contributed by atoms with E-state index in [2.05, 4.69) is 4.98 Å². The number of halogens is 4. The molecule has 3 rings (SSSR count). The van der Waals surface area contributed by atoms with Crippen LogP contribution in [0.3, 0.4) is 0 Å². The molecule has 0 saturated carbocycles. The van der Waals surface area contributed by atoms with Crippen molar-refractivity contribution in [3.63, 3.8) is 0 Å². The number of aromatic nitrogens is 1. The molecule has 144 valence electrons. The second kappa shape index (κ2) is 10.1. The first-order valence-corrected chi connectivity index (χ1v) is 8.43. The molecule has 0 unspecified atom stereocenters. The van der Waals surface area contributed by atoms with Crippen LogP contribution in [0, 0.1) is 17.5 Å². The SMILES string of the molecule is O=C([O-])c1cccc(Cc2cc(Cl)ccc2OCc2c(F)cc(F)cc2F)n1.[Na+]. The van der Waals surface area contributed by atoms with Gasteiger partial charge in [0, 0.05) is 34.8 Å². The molecule has 3 aromatic rings. The van der Waals surface area contributed by atoms with E-state index < -0.39 is 35.6 Å². The molecular weight excluding hydrogens is 418 g/mol. The number of carboxylic acid groups (broad SMARTS) is 1. The van der Waals surface area contributed by atoms with Crippen molar-refractivity contribution in [1.82, 2.24) is 4.98 Å². The Morgan fingerprint density at radius 2 is 1.76 bits per heavy atom. The van der Waals surface area contributed by atoms with Gasteiger partial charge in [-0.15, -0.1) is 0 Å². The molecule has 0 aliphatic heterocycles. The smallest absolute Gasteiger partial charge is 0.543 e. The van der Waals surface area contributed by atoms with Gasteiger partial charge in [-0.3, -0.25) is 4.98 Å². The zero-order valence-electron chi connectivity index (χ0n) is 15.2. The summed E-state index contributed by atoms with van der Waals surface area (Å²) in [6, 6.07) is 10.2. The van der Waals surface area contributed by atoms with Gasteiger partial charge in [-0.2, -0.15) is 0 Å². The maximum atomic E-state index is 13.8. The number of carboxylic acids is 1. The van der Waals surface area contributed by atoms with Crippen LogP contribution < -0.4 is 39.4 Å².